The lowest BCUT2D eigenvalue weighted by Crippen LogP contribution is -2.18. The zero-order chi connectivity index (χ0) is 13.4. The number of hydrogen-bond acceptors (Lipinski definition) is 5. The number of rotatable bonds is 8. The molecule has 0 aliphatic heterocycles. The van der Waals surface area contributed by atoms with E-state index in [-0.39, 0.29) is 0 Å². The second-order valence-electron chi connectivity index (χ2n) is 3.75. The van der Waals surface area contributed by atoms with E-state index in [2.05, 4.69) is 10.3 Å². The van der Waals surface area contributed by atoms with Gasteiger partial charge in [-0.1, -0.05) is 12.2 Å². The molecule has 1 aromatic rings. The van der Waals surface area contributed by atoms with Crippen molar-refractivity contribution in [3.8, 4) is 0 Å². The van der Waals surface area contributed by atoms with Crippen LogP contribution in [0.5, 0.6) is 0 Å². The van der Waals surface area contributed by atoms with Crippen molar-refractivity contribution in [1.29, 1.82) is 0 Å². The van der Waals surface area contributed by atoms with Gasteiger partial charge < -0.3 is 20.5 Å². The van der Waals surface area contributed by atoms with E-state index >= 15 is 0 Å². The van der Waals surface area contributed by atoms with Crippen LogP contribution >= 0.6 is 12.2 Å². The molecule has 0 atom stereocenters. The number of nitrogens with zero attached hydrogens (tertiary/aromatic N) is 1. The summed E-state index contributed by atoms with van der Waals surface area (Å²) in [5, 5.41) is 3.17. The first-order chi connectivity index (χ1) is 8.66. The van der Waals surface area contributed by atoms with Crippen LogP contribution in [0.15, 0.2) is 12.3 Å². The van der Waals surface area contributed by atoms with Crippen molar-refractivity contribution in [2.24, 2.45) is 5.73 Å². The highest BCUT2D eigenvalue weighted by atomic mass is 32.1. The Bertz CT molecular complexity index is 399. The Labute approximate surface area is 113 Å². The van der Waals surface area contributed by atoms with Crippen LogP contribution < -0.4 is 11.1 Å². The molecule has 0 spiro atoms. The molecule has 0 fully saturated rings. The van der Waals surface area contributed by atoms with Gasteiger partial charge in [0.15, 0.2) is 0 Å². The average molecular weight is 269 g/mol. The molecule has 0 saturated heterocycles. The quantitative estimate of drug-likeness (QED) is 0.544. The molecule has 6 heteroatoms. The number of anilines is 1. The minimum Gasteiger partial charge on any atom is -0.389 e. The fourth-order valence-electron chi connectivity index (χ4n) is 1.49. The lowest BCUT2D eigenvalue weighted by atomic mass is 10.1. The van der Waals surface area contributed by atoms with Crippen LogP contribution in [0.3, 0.4) is 0 Å². The number of ether oxygens (including phenoxy) is 2. The molecule has 3 N–H and O–H groups in total. The summed E-state index contributed by atoms with van der Waals surface area (Å²) in [7, 11) is 1.65. The van der Waals surface area contributed by atoms with Crippen molar-refractivity contribution in [1.82, 2.24) is 4.98 Å². The summed E-state index contributed by atoms with van der Waals surface area (Å²) in [6.07, 6.45) is 1.73. The van der Waals surface area contributed by atoms with Crippen LogP contribution in [0.4, 0.5) is 5.82 Å². The Morgan fingerprint density at radius 1 is 1.44 bits per heavy atom. The standard InChI is InChI=1S/C12H19N3O2S/c1-9-3-4-14-12(10(9)11(13)18)15-5-6-17-8-7-16-2/h3-4H,5-8H2,1-2H3,(H2,13,18)(H,14,15). The Balaban J connectivity index is 2.47. The molecular weight excluding hydrogens is 250 g/mol. The first-order valence-corrected chi connectivity index (χ1v) is 6.13. The molecule has 1 rings (SSSR count). The highest BCUT2D eigenvalue weighted by Crippen LogP contribution is 2.15. The number of hydrogen-bond donors (Lipinski definition) is 2. The minimum absolute atomic E-state index is 0.350. The van der Waals surface area contributed by atoms with Crippen LogP contribution in [0.1, 0.15) is 11.1 Å². The number of methoxy groups -OCH3 is 1. The molecule has 0 saturated carbocycles. The van der Waals surface area contributed by atoms with E-state index < -0.39 is 0 Å². The molecule has 0 aliphatic carbocycles. The zero-order valence-corrected chi connectivity index (χ0v) is 11.5. The van der Waals surface area contributed by atoms with Gasteiger partial charge in [0.05, 0.1) is 25.4 Å². The van der Waals surface area contributed by atoms with Crippen molar-refractivity contribution in [3.05, 3.63) is 23.4 Å². The number of aryl methyl sites for hydroxylation is 1. The molecule has 5 nitrogen and oxygen atoms in total. The molecule has 1 aromatic heterocycles. The van der Waals surface area contributed by atoms with E-state index in [9.17, 15) is 0 Å². The zero-order valence-electron chi connectivity index (χ0n) is 10.7. The summed E-state index contributed by atoms with van der Waals surface area (Å²) < 4.78 is 10.2. The topological polar surface area (TPSA) is 69.4 Å². The molecule has 1 heterocycles. The van der Waals surface area contributed by atoms with Crippen LogP contribution in [0.25, 0.3) is 0 Å². The molecule has 18 heavy (non-hydrogen) atoms. The van der Waals surface area contributed by atoms with Crippen LogP contribution in [-0.2, 0) is 9.47 Å². The smallest absolute Gasteiger partial charge is 0.136 e. The SMILES string of the molecule is COCCOCCNc1nccc(C)c1C(N)=S. The van der Waals surface area contributed by atoms with Gasteiger partial charge in [-0.15, -0.1) is 0 Å². The number of nitrogens with one attached hydrogen (secondary N) is 1. The third-order valence-electron chi connectivity index (χ3n) is 2.38. The average Bonchev–Trinajstić information content (AvgIpc) is 2.33. The van der Waals surface area contributed by atoms with Gasteiger partial charge in [0.25, 0.3) is 0 Å². The number of thiocarbonyl (C=S) groups is 1. The molecule has 0 radical (unpaired) electrons. The largest absolute Gasteiger partial charge is 0.389 e. The number of pyridine rings is 1. The van der Waals surface area contributed by atoms with E-state index in [1.807, 2.05) is 13.0 Å². The maximum Gasteiger partial charge on any atom is 0.136 e. The minimum atomic E-state index is 0.350. The lowest BCUT2D eigenvalue weighted by molar-refractivity contribution is 0.0759. The van der Waals surface area contributed by atoms with E-state index in [4.69, 9.17) is 27.4 Å². The normalized spacial score (nSPS) is 10.3. The third kappa shape index (κ3) is 4.56. The second kappa shape index (κ2) is 7.97. The summed E-state index contributed by atoms with van der Waals surface area (Å²) in [6, 6.07) is 1.88. The summed E-state index contributed by atoms with van der Waals surface area (Å²) in [5.74, 6) is 0.706. The first-order valence-electron chi connectivity index (χ1n) is 5.72. The van der Waals surface area contributed by atoms with Gasteiger partial charge in [-0.05, 0) is 18.6 Å². The summed E-state index contributed by atoms with van der Waals surface area (Å²) in [5.41, 5.74) is 7.50. The van der Waals surface area contributed by atoms with Crippen molar-refractivity contribution in [3.63, 3.8) is 0 Å². The fourth-order valence-corrected chi connectivity index (χ4v) is 1.75. The monoisotopic (exact) mass is 269 g/mol. The molecule has 0 aromatic carbocycles. The number of aromatic nitrogens is 1. The van der Waals surface area contributed by atoms with Crippen molar-refractivity contribution < 1.29 is 9.47 Å². The fraction of sp³-hybridized carbons (Fsp3) is 0.500. The summed E-state index contributed by atoms with van der Waals surface area (Å²) in [6.45, 7) is 4.37. The van der Waals surface area contributed by atoms with Crippen LogP contribution in [-0.4, -0.2) is 43.4 Å². The predicted octanol–water partition coefficient (Wildman–Crippen LogP) is 1.10. The molecule has 0 unspecified atom stereocenters. The Morgan fingerprint density at radius 2 is 2.22 bits per heavy atom. The maximum atomic E-state index is 5.69. The van der Waals surface area contributed by atoms with Gasteiger partial charge in [0, 0.05) is 19.9 Å². The highest BCUT2D eigenvalue weighted by molar-refractivity contribution is 7.80. The van der Waals surface area contributed by atoms with Crippen molar-refractivity contribution in [2.45, 2.75) is 6.92 Å². The van der Waals surface area contributed by atoms with Gasteiger partial charge in [-0.2, -0.15) is 0 Å². The molecule has 0 aliphatic rings. The molecule has 0 bridgehead atoms. The summed E-state index contributed by atoms with van der Waals surface area (Å²) in [4.78, 5) is 4.59. The predicted molar refractivity (Wildman–Crippen MR) is 76.0 cm³/mol. The van der Waals surface area contributed by atoms with Crippen molar-refractivity contribution >= 4 is 23.0 Å². The van der Waals surface area contributed by atoms with Gasteiger partial charge in [-0.25, -0.2) is 4.98 Å². The third-order valence-corrected chi connectivity index (χ3v) is 2.58. The second-order valence-corrected chi connectivity index (χ2v) is 4.19. The molecule has 100 valence electrons. The van der Waals surface area contributed by atoms with Crippen LogP contribution in [0.2, 0.25) is 0 Å². The molecular formula is C12H19N3O2S. The Morgan fingerprint density at radius 3 is 2.89 bits per heavy atom. The Kier molecular flexibility index (Phi) is 6.56. The highest BCUT2D eigenvalue weighted by Gasteiger charge is 2.08. The van der Waals surface area contributed by atoms with Crippen molar-refractivity contribution in [2.75, 3.05) is 38.8 Å². The van der Waals surface area contributed by atoms with E-state index in [0.29, 0.717) is 37.2 Å². The maximum absolute atomic E-state index is 5.69. The van der Waals surface area contributed by atoms with E-state index in [1.54, 1.807) is 13.3 Å². The Hall–Kier alpha value is -1.24. The number of nitrogens with two attached hydrogens (primary N) is 1. The molecule has 0 amide bonds. The van der Waals surface area contributed by atoms with Gasteiger partial charge in [0.1, 0.15) is 10.8 Å². The van der Waals surface area contributed by atoms with Gasteiger partial charge in [-0.3, -0.25) is 0 Å². The summed E-state index contributed by atoms with van der Waals surface area (Å²) >= 11 is 5.02. The van der Waals surface area contributed by atoms with E-state index in [0.717, 1.165) is 11.1 Å². The van der Waals surface area contributed by atoms with Gasteiger partial charge in [0.2, 0.25) is 0 Å². The van der Waals surface area contributed by atoms with Crippen LogP contribution in [0, 0.1) is 6.92 Å². The lowest BCUT2D eigenvalue weighted by Gasteiger charge is -2.12. The van der Waals surface area contributed by atoms with Gasteiger partial charge >= 0.3 is 0 Å². The van der Waals surface area contributed by atoms with E-state index in [1.165, 1.54) is 0 Å². The first kappa shape index (κ1) is 14.8.